The van der Waals surface area contributed by atoms with Gasteiger partial charge in [0.1, 0.15) is 5.82 Å². The topological polar surface area (TPSA) is 66.9 Å². The highest BCUT2D eigenvalue weighted by molar-refractivity contribution is 6.31. The van der Waals surface area contributed by atoms with Gasteiger partial charge in [0.05, 0.1) is 10.6 Å². The predicted octanol–water partition coefficient (Wildman–Crippen LogP) is 4.83. The first-order chi connectivity index (χ1) is 12.5. The van der Waals surface area contributed by atoms with Crippen molar-refractivity contribution in [3.63, 3.8) is 0 Å². The molecule has 1 amide bonds. The second-order valence-corrected chi connectivity index (χ2v) is 5.96. The Labute approximate surface area is 155 Å². The van der Waals surface area contributed by atoms with Gasteiger partial charge in [0, 0.05) is 23.8 Å². The third-order valence-electron chi connectivity index (χ3n) is 3.71. The molecule has 3 aromatic rings. The number of rotatable bonds is 5. The van der Waals surface area contributed by atoms with Crippen LogP contribution in [0.3, 0.4) is 0 Å². The zero-order valence-corrected chi connectivity index (χ0v) is 14.7. The third-order valence-corrected chi connectivity index (χ3v) is 4.00. The van der Waals surface area contributed by atoms with Crippen molar-refractivity contribution in [2.24, 2.45) is 0 Å². The van der Waals surface area contributed by atoms with Gasteiger partial charge in [-0.15, -0.1) is 0 Å². The molecule has 5 nitrogen and oxygen atoms in total. The zero-order chi connectivity index (χ0) is 18.5. The standard InChI is InChI=1S/C19H16ClFN4O/c1-2-12-3-5-14(6-4-12)25-19-22-10-13(11-23-19)18(26)24-15-7-8-17(21)16(20)9-15/h3-11H,2H2,1H3,(H,24,26)(H,22,23,25). The maximum atomic E-state index is 13.2. The van der Waals surface area contributed by atoms with Crippen LogP contribution in [-0.2, 0) is 6.42 Å². The summed E-state index contributed by atoms with van der Waals surface area (Å²) >= 11 is 5.70. The molecular weight excluding hydrogens is 355 g/mol. The summed E-state index contributed by atoms with van der Waals surface area (Å²) in [5.74, 6) is -0.572. The van der Waals surface area contributed by atoms with Crippen LogP contribution in [-0.4, -0.2) is 15.9 Å². The minimum absolute atomic E-state index is 0.0623. The molecule has 0 spiro atoms. The van der Waals surface area contributed by atoms with Gasteiger partial charge >= 0.3 is 0 Å². The maximum Gasteiger partial charge on any atom is 0.258 e. The number of halogens is 2. The highest BCUT2D eigenvalue weighted by Crippen LogP contribution is 2.20. The van der Waals surface area contributed by atoms with Crippen molar-refractivity contribution in [2.75, 3.05) is 10.6 Å². The van der Waals surface area contributed by atoms with Crippen LogP contribution in [0.25, 0.3) is 0 Å². The van der Waals surface area contributed by atoms with Crippen molar-refractivity contribution < 1.29 is 9.18 Å². The number of benzene rings is 2. The van der Waals surface area contributed by atoms with E-state index in [-0.39, 0.29) is 10.6 Å². The van der Waals surface area contributed by atoms with Crippen molar-refractivity contribution in [1.82, 2.24) is 9.97 Å². The van der Waals surface area contributed by atoms with Crippen LogP contribution in [0.2, 0.25) is 5.02 Å². The Hall–Kier alpha value is -2.99. The number of nitrogens with zero attached hydrogens (tertiary/aromatic N) is 2. The molecule has 0 saturated carbocycles. The van der Waals surface area contributed by atoms with Gasteiger partial charge < -0.3 is 10.6 Å². The van der Waals surface area contributed by atoms with Crippen LogP contribution in [0.15, 0.2) is 54.9 Å². The lowest BCUT2D eigenvalue weighted by atomic mass is 10.1. The number of aromatic nitrogens is 2. The molecule has 3 rings (SSSR count). The van der Waals surface area contributed by atoms with Crippen molar-refractivity contribution in [2.45, 2.75) is 13.3 Å². The van der Waals surface area contributed by atoms with Gasteiger partial charge in [-0.05, 0) is 42.3 Å². The first-order valence-electron chi connectivity index (χ1n) is 7.99. The zero-order valence-electron chi connectivity index (χ0n) is 14.0. The summed E-state index contributed by atoms with van der Waals surface area (Å²) in [5.41, 5.74) is 2.77. The highest BCUT2D eigenvalue weighted by atomic mass is 35.5. The molecule has 0 saturated heterocycles. The van der Waals surface area contributed by atoms with Crippen molar-refractivity contribution in [3.05, 3.63) is 76.8 Å². The lowest BCUT2D eigenvalue weighted by Gasteiger charge is -2.08. The van der Waals surface area contributed by atoms with E-state index in [0.29, 0.717) is 11.6 Å². The van der Waals surface area contributed by atoms with Crippen molar-refractivity contribution in [3.8, 4) is 0 Å². The largest absolute Gasteiger partial charge is 0.324 e. The average Bonchev–Trinajstić information content (AvgIpc) is 2.66. The number of amides is 1. The van der Waals surface area contributed by atoms with E-state index in [9.17, 15) is 9.18 Å². The average molecular weight is 371 g/mol. The summed E-state index contributed by atoms with van der Waals surface area (Å²) in [6.45, 7) is 2.09. The second-order valence-electron chi connectivity index (χ2n) is 5.55. The number of aryl methyl sites for hydroxylation is 1. The summed E-state index contributed by atoms with van der Waals surface area (Å²) in [6.07, 6.45) is 3.80. The van der Waals surface area contributed by atoms with E-state index < -0.39 is 11.7 Å². The smallest absolute Gasteiger partial charge is 0.258 e. The Balaban J connectivity index is 1.66. The molecule has 2 N–H and O–H groups in total. The molecular formula is C19H16ClFN4O. The van der Waals surface area contributed by atoms with Crippen LogP contribution in [0.5, 0.6) is 0 Å². The summed E-state index contributed by atoms with van der Waals surface area (Å²) in [6, 6.07) is 11.9. The Morgan fingerprint density at radius 2 is 1.73 bits per heavy atom. The summed E-state index contributed by atoms with van der Waals surface area (Å²) in [5, 5.41) is 5.63. The molecule has 26 heavy (non-hydrogen) atoms. The van der Waals surface area contributed by atoms with E-state index in [2.05, 4.69) is 27.5 Å². The molecule has 2 aromatic carbocycles. The van der Waals surface area contributed by atoms with Gasteiger partial charge in [-0.3, -0.25) is 4.79 Å². The minimum atomic E-state index is -0.546. The van der Waals surface area contributed by atoms with Crippen LogP contribution >= 0.6 is 11.6 Å². The van der Waals surface area contributed by atoms with E-state index in [4.69, 9.17) is 11.6 Å². The molecule has 0 fully saturated rings. The quantitative estimate of drug-likeness (QED) is 0.675. The SMILES string of the molecule is CCc1ccc(Nc2ncc(C(=O)Nc3ccc(F)c(Cl)c3)cn2)cc1. The molecule has 0 atom stereocenters. The number of carbonyl (C=O) groups excluding carboxylic acids is 1. The molecule has 0 aliphatic rings. The van der Waals surface area contributed by atoms with Crippen molar-refractivity contribution >= 4 is 34.8 Å². The van der Waals surface area contributed by atoms with Crippen LogP contribution in [0, 0.1) is 5.82 Å². The summed E-state index contributed by atoms with van der Waals surface area (Å²) in [7, 11) is 0. The Morgan fingerprint density at radius 3 is 2.35 bits per heavy atom. The van der Waals surface area contributed by atoms with Crippen molar-refractivity contribution in [1.29, 1.82) is 0 Å². The number of anilines is 3. The number of carbonyl (C=O) groups is 1. The Bertz CT molecular complexity index is 914. The lowest BCUT2D eigenvalue weighted by molar-refractivity contribution is 0.102. The minimum Gasteiger partial charge on any atom is -0.324 e. The molecule has 0 aliphatic heterocycles. The first kappa shape index (κ1) is 17.8. The fraction of sp³-hybridized carbons (Fsp3) is 0.105. The molecule has 7 heteroatoms. The molecule has 0 unspecified atom stereocenters. The van der Waals surface area contributed by atoms with Gasteiger partial charge in [-0.2, -0.15) is 0 Å². The van der Waals surface area contributed by atoms with Crippen LogP contribution < -0.4 is 10.6 Å². The Kier molecular flexibility index (Phi) is 5.43. The predicted molar refractivity (Wildman–Crippen MR) is 100 cm³/mol. The normalized spacial score (nSPS) is 10.4. The second kappa shape index (κ2) is 7.93. The van der Waals surface area contributed by atoms with Gasteiger partial charge in [-0.1, -0.05) is 30.7 Å². The van der Waals surface area contributed by atoms with Gasteiger partial charge in [0.2, 0.25) is 5.95 Å². The molecule has 0 aliphatic carbocycles. The van der Waals surface area contributed by atoms with Gasteiger partial charge in [0.15, 0.2) is 0 Å². The van der Waals surface area contributed by atoms with E-state index in [1.165, 1.54) is 36.2 Å². The summed E-state index contributed by atoms with van der Waals surface area (Å²) in [4.78, 5) is 20.5. The summed E-state index contributed by atoms with van der Waals surface area (Å²) < 4.78 is 13.2. The molecule has 1 aromatic heterocycles. The Morgan fingerprint density at radius 1 is 1.08 bits per heavy atom. The van der Waals surface area contributed by atoms with Crippen LogP contribution in [0.1, 0.15) is 22.8 Å². The highest BCUT2D eigenvalue weighted by Gasteiger charge is 2.09. The monoisotopic (exact) mass is 370 g/mol. The van der Waals surface area contributed by atoms with E-state index in [1.807, 2.05) is 24.3 Å². The molecule has 0 bridgehead atoms. The number of hydrogen-bond acceptors (Lipinski definition) is 4. The molecule has 0 radical (unpaired) electrons. The number of hydrogen-bond donors (Lipinski definition) is 2. The van der Waals surface area contributed by atoms with Crippen LogP contribution in [0.4, 0.5) is 21.7 Å². The molecule has 132 valence electrons. The lowest BCUT2D eigenvalue weighted by Crippen LogP contribution is -2.13. The molecule has 1 heterocycles. The van der Waals surface area contributed by atoms with E-state index in [1.54, 1.807) is 0 Å². The van der Waals surface area contributed by atoms with Gasteiger partial charge in [0.25, 0.3) is 5.91 Å². The first-order valence-corrected chi connectivity index (χ1v) is 8.37. The van der Waals surface area contributed by atoms with E-state index >= 15 is 0 Å². The maximum absolute atomic E-state index is 13.2. The fourth-order valence-electron chi connectivity index (χ4n) is 2.24. The third kappa shape index (κ3) is 4.34. The van der Waals surface area contributed by atoms with Gasteiger partial charge in [-0.25, -0.2) is 14.4 Å². The fourth-order valence-corrected chi connectivity index (χ4v) is 2.42. The number of nitrogens with one attached hydrogen (secondary N) is 2. The van der Waals surface area contributed by atoms with E-state index in [0.717, 1.165) is 12.1 Å².